The molecular weight excluding hydrogens is 439 g/mol. The summed E-state index contributed by atoms with van der Waals surface area (Å²) in [4.78, 5) is 31.4. The maximum absolute atomic E-state index is 13.7. The third-order valence-electron chi connectivity index (χ3n) is 5.86. The molecule has 33 heavy (non-hydrogen) atoms. The van der Waals surface area contributed by atoms with Crippen molar-refractivity contribution in [3.63, 3.8) is 0 Å². The Morgan fingerprint density at radius 2 is 1.97 bits per heavy atom. The van der Waals surface area contributed by atoms with Crippen LogP contribution in [0.1, 0.15) is 38.8 Å². The number of rotatable bonds is 8. The summed E-state index contributed by atoms with van der Waals surface area (Å²) in [6, 6.07) is 17.5. The SMILES string of the molecule is COCCCN(CC(=O)N1CCc2sccc2C1c1ccccc1)C(=O)c1cccc(F)c1. The van der Waals surface area contributed by atoms with Crippen molar-refractivity contribution in [3.8, 4) is 0 Å². The van der Waals surface area contributed by atoms with Gasteiger partial charge in [0.05, 0.1) is 6.04 Å². The highest BCUT2D eigenvalue weighted by atomic mass is 32.1. The van der Waals surface area contributed by atoms with E-state index >= 15 is 0 Å². The molecule has 0 saturated carbocycles. The van der Waals surface area contributed by atoms with E-state index in [9.17, 15) is 14.0 Å². The molecular formula is C26H27FN2O3S. The van der Waals surface area contributed by atoms with Crippen LogP contribution in [0.25, 0.3) is 0 Å². The topological polar surface area (TPSA) is 49.9 Å². The Bertz CT molecular complexity index is 1100. The van der Waals surface area contributed by atoms with Gasteiger partial charge < -0.3 is 14.5 Å². The number of fused-ring (bicyclic) bond motifs is 1. The molecule has 2 aromatic carbocycles. The number of halogens is 1. The lowest BCUT2D eigenvalue weighted by Gasteiger charge is -2.37. The Kier molecular flexibility index (Phi) is 7.52. The van der Waals surface area contributed by atoms with Gasteiger partial charge in [-0.25, -0.2) is 4.39 Å². The number of benzene rings is 2. The molecule has 0 aliphatic carbocycles. The molecule has 7 heteroatoms. The number of carbonyl (C=O) groups excluding carboxylic acids is 2. The van der Waals surface area contributed by atoms with Gasteiger partial charge in [-0.05, 0) is 53.6 Å². The Morgan fingerprint density at radius 1 is 1.15 bits per heavy atom. The van der Waals surface area contributed by atoms with E-state index in [4.69, 9.17) is 4.74 Å². The summed E-state index contributed by atoms with van der Waals surface area (Å²) in [6.45, 7) is 1.34. The van der Waals surface area contributed by atoms with Gasteiger partial charge in [0.25, 0.3) is 5.91 Å². The third-order valence-corrected chi connectivity index (χ3v) is 6.86. The molecule has 0 saturated heterocycles. The van der Waals surface area contributed by atoms with Crippen LogP contribution in [0.4, 0.5) is 4.39 Å². The van der Waals surface area contributed by atoms with E-state index in [0.717, 1.165) is 17.5 Å². The average molecular weight is 467 g/mol. The van der Waals surface area contributed by atoms with E-state index in [1.807, 2.05) is 35.2 Å². The van der Waals surface area contributed by atoms with Crippen LogP contribution >= 0.6 is 11.3 Å². The highest BCUT2D eigenvalue weighted by Gasteiger charge is 2.34. The molecule has 5 nitrogen and oxygen atoms in total. The van der Waals surface area contributed by atoms with Gasteiger partial charge in [-0.15, -0.1) is 11.3 Å². The second-order valence-electron chi connectivity index (χ2n) is 8.03. The molecule has 0 bridgehead atoms. The van der Waals surface area contributed by atoms with Gasteiger partial charge in [0.2, 0.25) is 5.91 Å². The van der Waals surface area contributed by atoms with Crippen molar-refractivity contribution in [2.45, 2.75) is 18.9 Å². The normalized spacial score (nSPS) is 15.2. The number of hydrogen-bond acceptors (Lipinski definition) is 4. The molecule has 2 heterocycles. The van der Waals surface area contributed by atoms with Crippen molar-refractivity contribution < 1.29 is 18.7 Å². The summed E-state index contributed by atoms with van der Waals surface area (Å²) in [5.74, 6) is -0.958. The fraction of sp³-hybridized carbons (Fsp3) is 0.308. The lowest BCUT2D eigenvalue weighted by molar-refractivity contribution is -0.134. The van der Waals surface area contributed by atoms with Crippen LogP contribution in [0.2, 0.25) is 0 Å². The monoisotopic (exact) mass is 466 g/mol. The van der Waals surface area contributed by atoms with Crippen LogP contribution in [0.3, 0.4) is 0 Å². The van der Waals surface area contributed by atoms with Crippen molar-refractivity contribution in [1.82, 2.24) is 9.80 Å². The molecule has 1 atom stereocenters. The average Bonchev–Trinajstić information content (AvgIpc) is 3.32. The molecule has 4 rings (SSSR count). The molecule has 0 fully saturated rings. The number of methoxy groups -OCH3 is 1. The molecule has 0 spiro atoms. The zero-order valence-corrected chi connectivity index (χ0v) is 19.4. The Balaban J connectivity index is 1.59. The lowest BCUT2D eigenvalue weighted by atomic mass is 9.93. The Hall–Kier alpha value is -3.03. The van der Waals surface area contributed by atoms with Crippen LogP contribution in [-0.2, 0) is 16.0 Å². The Morgan fingerprint density at radius 3 is 2.73 bits per heavy atom. The summed E-state index contributed by atoms with van der Waals surface area (Å²) in [7, 11) is 1.60. The minimum absolute atomic E-state index is 0.0676. The van der Waals surface area contributed by atoms with Crippen LogP contribution < -0.4 is 0 Å². The highest BCUT2D eigenvalue weighted by Crippen LogP contribution is 2.37. The van der Waals surface area contributed by atoms with E-state index in [1.54, 1.807) is 24.5 Å². The molecule has 0 radical (unpaired) electrons. The standard InChI is InChI=1S/C26H27FN2O3S/c1-32-15-6-13-28(26(31)20-9-5-10-21(27)17-20)18-24(30)29-14-11-23-22(12-16-33-23)25(29)19-7-3-2-4-8-19/h2-5,7-10,12,16-17,25H,6,11,13-15,18H2,1H3. The maximum Gasteiger partial charge on any atom is 0.254 e. The second-order valence-corrected chi connectivity index (χ2v) is 9.03. The number of nitrogens with zero attached hydrogens (tertiary/aromatic N) is 2. The molecule has 3 aromatic rings. The second kappa shape index (κ2) is 10.7. The maximum atomic E-state index is 13.7. The van der Waals surface area contributed by atoms with Gasteiger partial charge in [-0.1, -0.05) is 36.4 Å². The summed E-state index contributed by atoms with van der Waals surface area (Å²) in [6.07, 6.45) is 1.38. The van der Waals surface area contributed by atoms with E-state index in [1.165, 1.54) is 28.0 Å². The number of carbonyl (C=O) groups is 2. The number of thiophene rings is 1. The van der Waals surface area contributed by atoms with Crippen LogP contribution in [0, 0.1) is 5.82 Å². The van der Waals surface area contributed by atoms with Gasteiger partial charge in [-0.2, -0.15) is 0 Å². The zero-order valence-electron chi connectivity index (χ0n) is 18.6. The van der Waals surface area contributed by atoms with Gasteiger partial charge in [0, 0.05) is 37.2 Å². The van der Waals surface area contributed by atoms with E-state index < -0.39 is 5.82 Å². The quantitative estimate of drug-likeness (QED) is 0.458. The summed E-state index contributed by atoms with van der Waals surface area (Å²) in [5, 5.41) is 2.07. The largest absolute Gasteiger partial charge is 0.385 e. The van der Waals surface area contributed by atoms with Gasteiger partial charge >= 0.3 is 0 Å². The Labute approximate surface area is 197 Å². The first-order valence-electron chi connectivity index (χ1n) is 11.0. The molecule has 2 amide bonds. The predicted molar refractivity (Wildman–Crippen MR) is 127 cm³/mol. The predicted octanol–water partition coefficient (Wildman–Crippen LogP) is 4.54. The van der Waals surface area contributed by atoms with Crippen molar-refractivity contribution >= 4 is 23.2 Å². The number of amides is 2. The highest BCUT2D eigenvalue weighted by molar-refractivity contribution is 7.10. The molecule has 1 aromatic heterocycles. The van der Waals surface area contributed by atoms with Crippen molar-refractivity contribution in [2.75, 3.05) is 33.4 Å². The van der Waals surface area contributed by atoms with Crippen LogP contribution in [0.5, 0.6) is 0 Å². The zero-order chi connectivity index (χ0) is 23.2. The smallest absolute Gasteiger partial charge is 0.254 e. The molecule has 172 valence electrons. The molecule has 1 aliphatic rings. The number of ether oxygens (including phenoxy) is 1. The molecule has 1 unspecified atom stereocenters. The van der Waals surface area contributed by atoms with Crippen molar-refractivity contribution in [3.05, 3.63) is 93.4 Å². The first kappa shape index (κ1) is 23.1. The number of hydrogen-bond donors (Lipinski definition) is 0. The first-order chi connectivity index (χ1) is 16.1. The van der Waals surface area contributed by atoms with Crippen LogP contribution in [-0.4, -0.2) is 55.0 Å². The fourth-order valence-electron chi connectivity index (χ4n) is 4.29. The third kappa shape index (κ3) is 5.31. The van der Waals surface area contributed by atoms with Gasteiger partial charge in [-0.3, -0.25) is 9.59 Å². The minimum atomic E-state index is -0.478. The van der Waals surface area contributed by atoms with Crippen molar-refractivity contribution in [1.29, 1.82) is 0 Å². The summed E-state index contributed by atoms with van der Waals surface area (Å²) in [5.41, 5.74) is 2.43. The molecule has 1 aliphatic heterocycles. The van der Waals surface area contributed by atoms with Crippen LogP contribution in [0.15, 0.2) is 66.0 Å². The van der Waals surface area contributed by atoms with E-state index in [2.05, 4.69) is 11.4 Å². The fourth-order valence-corrected chi connectivity index (χ4v) is 5.19. The first-order valence-corrected chi connectivity index (χ1v) is 11.9. The van der Waals surface area contributed by atoms with Gasteiger partial charge in [0.1, 0.15) is 12.4 Å². The van der Waals surface area contributed by atoms with E-state index in [0.29, 0.717) is 26.1 Å². The minimum Gasteiger partial charge on any atom is -0.385 e. The summed E-state index contributed by atoms with van der Waals surface area (Å²) >= 11 is 1.72. The van der Waals surface area contributed by atoms with Crippen molar-refractivity contribution in [2.24, 2.45) is 0 Å². The van der Waals surface area contributed by atoms with Gasteiger partial charge in [0.15, 0.2) is 0 Å². The van der Waals surface area contributed by atoms with E-state index in [-0.39, 0.29) is 30.0 Å². The lowest BCUT2D eigenvalue weighted by Crippen LogP contribution is -2.47. The molecule has 0 N–H and O–H groups in total. The summed E-state index contributed by atoms with van der Waals surface area (Å²) < 4.78 is 18.9.